The third kappa shape index (κ3) is 2.85. The third-order valence-electron chi connectivity index (χ3n) is 2.80. The molecular weight excluding hydrogens is 258 g/mol. The summed E-state index contributed by atoms with van der Waals surface area (Å²) in [5, 5.41) is 2.63. The van der Waals surface area contributed by atoms with Gasteiger partial charge in [0.15, 0.2) is 0 Å². The Kier molecular flexibility index (Phi) is 3.84. The second-order valence-corrected chi connectivity index (χ2v) is 4.38. The van der Waals surface area contributed by atoms with E-state index in [0.29, 0.717) is 17.1 Å². The first kappa shape index (κ1) is 13.8. The SMILES string of the molecule is COc1ccc(NC(=O)c2c(C)cc(C)[nH]c2=O)cn1. The number of carbonyl (C=O) groups is 1. The van der Waals surface area contributed by atoms with Gasteiger partial charge < -0.3 is 15.0 Å². The van der Waals surface area contributed by atoms with Gasteiger partial charge in [-0.05, 0) is 31.5 Å². The van der Waals surface area contributed by atoms with E-state index in [1.807, 2.05) is 0 Å². The second kappa shape index (κ2) is 5.56. The van der Waals surface area contributed by atoms with Gasteiger partial charge in [0.05, 0.1) is 19.0 Å². The zero-order valence-electron chi connectivity index (χ0n) is 11.5. The normalized spacial score (nSPS) is 10.2. The van der Waals surface area contributed by atoms with Crippen LogP contribution in [0.1, 0.15) is 21.6 Å². The van der Waals surface area contributed by atoms with Crippen LogP contribution >= 0.6 is 0 Å². The molecule has 2 aromatic rings. The largest absolute Gasteiger partial charge is 0.481 e. The fourth-order valence-corrected chi connectivity index (χ4v) is 1.90. The van der Waals surface area contributed by atoms with Crippen molar-refractivity contribution in [2.75, 3.05) is 12.4 Å². The van der Waals surface area contributed by atoms with E-state index in [4.69, 9.17) is 4.74 Å². The first-order chi connectivity index (χ1) is 9.51. The van der Waals surface area contributed by atoms with Gasteiger partial charge in [-0.25, -0.2) is 4.98 Å². The molecule has 6 heteroatoms. The Hall–Kier alpha value is -2.63. The fraction of sp³-hybridized carbons (Fsp3) is 0.214. The van der Waals surface area contributed by atoms with Crippen molar-refractivity contribution < 1.29 is 9.53 Å². The van der Waals surface area contributed by atoms with Crippen LogP contribution in [-0.4, -0.2) is 23.0 Å². The fourth-order valence-electron chi connectivity index (χ4n) is 1.90. The Morgan fingerprint density at radius 1 is 1.35 bits per heavy atom. The van der Waals surface area contributed by atoms with E-state index in [1.165, 1.54) is 13.3 Å². The summed E-state index contributed by atoms with van der Waals surface area (Å²) >= 11 is 0. The summed E-state index contributed by atoms with van der Waals surface area (Å²) in [7, 11) is 1.51. The number of methoxy groups -OCH3 is 1. The van der Waals surface area contributed by atoms with Crippen LogP contribution in [0.15, 0.2) is 29.2 Å². The summed E-state index contributed by atoms with van der Waals surface area (Å²) in [5.41, 5.74) is 1.54. The molecule has 0 fully saturated rings. The van der Waals surface area contributed by atoms with Crippen LogP contribution in [0.5, 0.6) is 5.88 Å². The van der Waals surface area contributed by atoms with Crippen LogP contribution in [0, 0.1) is 13.8 Å². The molecular formula is C14H15N3O3. The molecule has 6 nitrogen and oxygen atoms in total. The van der Waals surface area contributed by atoms with Gasteiger partial charge in [-0.15, -0.1) is 0 Å². The molecule has 0 aromatic carbocycles. The highest BCUT2D eigenvalue weighted by atomic mass is 16.5. The van der Waals surface area contributed by atoms with Gasteiger partial charge in [-0.1, -0.05) is 0 Å². The molecule has 0 atom stereocenters. The number of aromatic nitrogens is 2. The number of amides is 1. The predicted octanol–water partition coefficient (Wildman–Crippen LogP) is 1.65. The lowest BCUT2D eigenvalue weighted by atomic mass is 10.1. The molecule has 0 radical (unpaired) electrons. The van der Waals surface area contributed by atoms with Crippen LogP contribution in [0.25, 0.3) is 0 Å². The molecule has 0 spiro atoms. The molecule has 0 aliphatic heterocycles. The predicted molar refractivity (Wildman–Crippen MR) is 75.3 cm³/mol. The molecule has 1 amide bonds. The number of nitrogens with one attached hydrogen (secondary N) is 2. The molecule has 0 saturated heterocycles. The van der Waals surface area contributed by atoms with Gasteiger partial charge in [0.1, 0.15) is 5.56 Å². The Balaban J connectivity index is 2.26. The van der Waals surface area contributed by atoms with E-state index < -0.39 is 11.5 Å². The summed E-state index contributed by atoms with van der Waals surface area (Å²) in [6, 6.07) is 5.03. The number of aryl methyl sites for hydroxylation is 2. The summed E-state index contributed by atoms with van der Waals surface area (Å²) in [4.78, 5) is 30.6. The molecule has 2 rings (SSSR count). The summed E-state index contributed by atoms with van der Waals surface area (Å²) in [5.74, 6) is -0.0110. The number of aromatic amines is 1. The molecule has 0 bridgehead atoms. The number of anilines is 1. The molecule has 104 valence electrons. The van der Waals surface area contributed by atoms with E-state index in [2.05, 4.69) is 15.3 Å². The lowest BCUT2D eigenvalue weighted by Crippen LogP contribution is -2.25. The van der Waals surface area contributed by atoms with E-state index in [1.54, 1.807) is 32.0 Å². The minimum atomic E-state index is -0.462. The van der Waals surface area contributed by atoms with Gasteiger partial charge in [-0.2, -0.15) is 0 Å². The van der Waals surface area contributed by atoms with Crippen LogP contribution < -0.4 is 15.6 Å². The molecule has 2 aromatic heterocycles. The van der Waals surface area contributed by atoms with E-state index in [9.17, 15) is 9.59 Å². The van der Waals surface area contributed by atoms with E-state index >= 15 is 0 Å². The van der Waals surface area contributed by atoms with Gasteiger partial charge in [-0.3, -0.25) is 9.59 Å². The summed E-state index contributed by atoms with van der Waals surface area (Å²) in [6.07, 6.45) is 1.47. The Bertz CT molecular complexity index is 690. The highest BCUT2D eigenvalue weighted by Crippen LogP contribution is 2.12. The first-order valence-electron chi connectivity index (χ1n) is 6.03. The number of hydrogen-bond acceptors (Lipinski definition) is 4. The molecule has 0 unspecified atom stereocenters. The number of nitrogens with zero attached hydrogens (tertiary/aromatic N) is 1. The van der Waals surface area contributed by atoms with Crippen molar-refractivity contribution in [3.05, 3.63) is 51.6 Å². The van der Waals surface area contributed by atoms with E-state index in [-0.39, 0.29) is 5.56 Å². The number of rotatable bonds is 3. The lowest BCUT2D eigenvalue weighted by molar-refractivity contribution is 0.102. The first-order valence-corrected chi connectivity index (χ1v) is 6.03. The molecule has 0 saturated carbocycles. The van der Waals surface area contributed by atoms with Gasteiger partial charge >= 0.3 is 0 Å². The minimum absolute atomic E-state index is 0.103. The van der Waals surface area contributed by atoms with Crippen molar-refractivity contribution in [1.82, 2.24) is 9.97 Å². The molecule has 2 N–H and O–H groups in total. The zero-order valence-corrected chi connectivity index (χ0v) is 11.5. The molecule has 2 heterocycles. The van der Waals surface area contributed by atoms with Crippen LogP contribution in [0.3, 0.4) is 0 Å². The zero-order chi connectivity index (χ0) is 14.7. The Labute approximate surface area is 115 Å². The number of H-pyrrole nitrogens is 1. The second-order valence-electron chi connectivity index (χ2n) is 4.38. The Morgan fingerprint density at radius 3 is 2.65 bits per heavy atom. The maximum Gasteiger partial charge on any atom is 0.261 e. The minimum Gasteiger partial charge on any atom is -0.481 e. The monoisotopic (exact) mass is 273 g/mol. The van der Waals surface area contributed by atoms with Gasteiger partial charge in [0, 0.05) is 11.8 Å². The third-order valence-corrected chi connectivity index (χ3v) is 2.80. The summed E-state index contributed by atoms with van der Waals surface area (Å²) < 4.78 is 4.93. The van der Waals surface area contributed by atoms with Crippen molar-refractivity contribution in [3.63, 3.8) is 0 Å². The lowest BCUT2D eigenvalue weighted by Gasteiger charge is -2.08. The number of ether oxygens (including phenoxy) is 1. The van der Waals surface area contributed by atoms with Crippen molar-refractivity contribution in [3.8, 4) is 5.88 Å². The summed E-state index contributed by atoms with van der Waals surface area (Å²) in [6.45, 7) is 3.49. The highest BCUT2D eigenvalue weighted by molar-refractivity contribution is 6.04. The number of pyridine rings is 2. The smallest absolute Gasteiger partial charge is 0.261 e. The van der Waals surface area contributed by atoms with Gasteiger partial charge in [0.2, 0.25) is 5.88 Å². The average molecular weight is 273 g/mol. The van der Waals surface area contributed by atoms with Crippen molar-refractivity contribution >= 4 is 11.6 Å². The maximum atomic E-state index is 12.1. The number of hydrogen-bond donors (Lipinski definition) is 2. The molecule has 20 heavy (non-hydrogen) atoms. The molecule has 0 aliphatic rings. The van der Waals surface area contributed by atoms with Crippen molar-refractivity contribution in [1.29, 1.82) is 0 Å². The van der Waals surface area contributed by atoms with Crippen molar-refractivity contribution in [2.45, 2.75) is 13.8 Å². The van der Waals surface area contributed by atoms with Crippen LogP contribution in [0.4, 0.5) is 5.69 Å². The van der Waals surface area contributed by atoms with Crippen LogP contribution in [-0.2, 0) is 0 Å². The van der Waals surface area contributed by atoms with E-state index in [0.717, 1.165) is 5.69 Å². The molecule has 0 aliphatic carbocycles. The Morgan fingerprint density at radius 2 is 2.10 bits per heavy atom. The quantitative estimate of drug-likeness (QED) is 0.890. The number of carbonyl (C=O) groups excluding carboxylic acids is 1. The standard InChI is InChI=1S/C14H15N3O3/c1-8-6-9(2)16-13(18)12(8)14(19)17-10-4-5-11(20-3)15-7-10/h4-7H,1-3H3,(H,16,18)(H,17,19). The van der Waals surface area contributed by atoms with Gasteiger partial charge in [0.25, 0.3) is 11.5 Å². The van der Waals surface area contributed by atoms with Crippen LogP contribution in [0.2, 0.25) is 0 Å². The van der Waals surface area contributed by atoms with Crippen molar-refractivity contribution in [2.24, 2.45) is 0 Å². The average Bonchev–Trinajstić information content (AvgIpc) is 2.38. The maximum absolute atomic E-state index is 12.1. The highest BCUT2D eigenvalue weighted by Gasteiger charge is 2.14. The topological polar surface area (TPSA) is 84.1 Å².